The van der Waals surface area contributed by atoms with Crippen LogP contribution in [-0.4, -0.2) is 40.1 Å². The highest BCUT2D eigenvalue weighted by molar-refractivity contribution is 5.80. The van der Waals surface area contributed by atoms with Crippen molar-refractivity contribution in [3.05, 3.63) is 47.8 Å². The van der Waals surface area contributed by atoms with Crippen LogP contribution in [0.15, 0.2) is 36.7 Å². The largest absolute Gasteiger partial charge is 0.356 e. The van der Waals surface area contributed by atoms with Gasteiger partial charge < -0.3 is 10.2 Å². The molecule has 1 aromatic carbocycles. The molecule has 0 aliphatic carbocycles. The Hall–Kier alpha value is -2.89. The van der Waals surface area contributed by atoms with E-state index in [4.69, 9.17) is 5.10 Å². The van der Waals surface area contributed by atoms with Gasteiger partial charge in [0.2, 0.25) is 5.91 Å². The molecule has 2 aromatic heterocycles. The molecule has 1 N–H and O–H groups in total. The Morgan fingerprint density at radius 3 is 2.73 bits per heavy atom. The average molecular weight is 406 g/mol. The lowest BCUT2D eigenvalue weighted by Crippen LogP contribution is -2.41. The smallest absolute Gasteiger partial charge is 0.223 e. The van der Waals surface area contributed by atoms with Crippen LogP contribution in [0.3, 0.4) is 0 Å². The highest BCUT2D eigenvalue weighted by atomic mass is 16.1. The second kappa shape index (κ2) is 8.86. The van der Waals surface area contributed by atoms with Gasteiger partial charge in [0.1, 0.15) is 5.52 Å². The van der Waals surface area contributed by atoms with Crippen molar-refractivity contribution in [1.82, 2.24) is 19.9 Å². The van der Waals surface area contributed by atoms with Crippen molar-refractivity contribution in [3.63, 3.8) is 0 Å². The van der Waals surface area contributed by atoms with E-state index in [2.05, 4.69) is 60.2 Å². The number of unbranched alkanes of at least 4 members (excludes halogenated alkanes) is 1. The Labute approximate surface area is 178 Å². The molecule has 1 aliphatic rings. The highest BCUT2D eigenvalue weighted by Gasteiger charge is 2.26. The molecule has 4 rings (SSSR count). The van der Waals surface area contributed by atoms with Gasteiger partial charge in [-0.3, -0.25) is 4.79 Å². The molecule has 3 aromatic rings. The van der Waals surface area contributed by atoms with E-state index in [9.17, 15) is 4.79 Å². The Morgan fingerprint density at radius 2 is 2.00 bits per heavy atom. The molecule has 158 valence electrons. The Morgan fingerprint density at radius 1 is 1.20 bits per heavy atom. The van der Waals surface area contributed by atoms with Crippen LogP contribution in [0, 0.1) is 19.8 Å². The SMILES string of the molecule is CCCCNC(=O)C1CCN(c2nccn3nc(-c4ccc(C)cc4C)cc23)CC1. The lowest BCUT2D eigenvalue weighted by molar-refractivity contribution is -0.125. The molecule has 1 saturated heterocycles. The monoisotopic (exact) mass is 405 g/mol. The van der Waals surface area contributed by atoms with Crippen molar-refractivity contribution in [2.45, 2.75) is 46.5 Å². The Kier molecular flexibility index (Phi) is 6.02. The van der Waals surface area contributed by atoms with E-state index in [-0.39, 0.29) is 11.8 Å². The van der Waals surface area contributed by atoms with Gasteiger partial charge in [-0.1, -0.05) is 37.1 Å². The molecule has 1 fully saturated rings. The molecule has 0 radical (unpaired) electrons. The van der Waals surface area contributed by atoms with Crippen LogP contribution in [0.5, 0.6) is 0 Å². The fraction of sp³-hybridized carbons (Fsp3) is 0.458. The standard InChI is InChI=1S/C24H31N5O/c1-4-5-10-26-24(30)19-8-12-28(13-9-19)23-22-16-21(27-29(22)14-11-25-23)20-7-6-17(2)15-18(20)3/h6-7,11,14-16,19H,4-5,8-10,12-13H2,1-3H3,(H,26,30). The predicted octanol–water partition coefficient (Wildman–Crippen LogP) is 4.15. The van der Waals surface area contributed by atoms with Gasteiger partial charge in [-0.2, -0.15) is 5.10 Å². The first-order valence-corrected chi connectivity index (χ1v) is 11.0. The van der Waals surface area contributed by atoms with Crippen molar-refractivity contribution in [1.29, 1.82) is 0 Å². The van der Waals surface area contributed by atoms with Gasteiger partial charge in [-0.05, 0) is 44.7 Å². The number of piperidine rings is 1. The summed E-state index contributed by atoms with van der Waals surface area (Å²) in [5.41, 5.74) is 5.61. The number of aryl methyl sites for hydroxylation is 2. The Bertz CT molecular complexity index is 1030. The number of hydrogen-bond donors (Lipinski definition) is 1. The van der Waals surface area contributed by atoms with Crippen molar-refractivity contribution in [2.75, 3.05) is 24.5 Å². The van der Waals surface area contributed by atoms with E-state index < -0.39 is 0 Å². The van der Waals surface area contributed by atoms with E-state index >= 15 is 0 Å². The van der Waals surface area contributed by atoms with Gasteiger partial charge >= 0.3 is 0 Å². The van der Waals surface area contributed by atoms with E-state index in [0.29, 0.717) is 0 Å². The molecule has 0 unspecified atom stereocenters. The summed E-state index contributed by atoms with van der Waals surface area (Å²) < 4.78 is 1.92. The lowest BCUT2D eigenvalue weighted by Gasteiger charge is -2.32. The summed E-state index contributed by atoms with van der Waals surface area (Å²) in [4.78, 5) is 19.3. The number of carbonyl (C=O) groups excluding carboxylic acids is 1. The van der Waals surface area contributed by atoms with Crippen LogP contribution in [0.4, 0.5) is 5.82 Å². The minimum absolute atomic E-state index is 0.105. The number of nitrogens with zero attached hydrogens (tertiary/aromatic N) is 4. The predicted molar refractivity (Wildman–Crippen MR) is 121 cm³/mol. The van der Waals surface area contributed by atoms with Gasteiger partial charge in [0, 0.05) is 43.5 Å². The maximum Gasteiger partial charge on any atom is 0.223 e. The van der Waals surface area contributed by atoms with Crippen molar-refractivity contribution in [2.24, 2.45) is 5.92 Å². The molecule has 1 aliphatic heterocycles. The van der Waals surface area contributed by atoms with E-state index in [0.717, 1.165) is 67.9 Å². The first kappa shape index (κ1) is 20.4. The molecule has 0 spiro atoms. The molecule has 6 nitrogen and oxygen atoms in total. The fourth-order valence-corrected chi connectivity index (χ4v) is 4.27. The first-order chi connectivity index (χ1) is 14.6. The zero-order valence-electron chi connectivity index (χ0n) is 18.2. The normalized spacial score (nSPS) is 15.0. The number of nitrogens with one attached hydrogen (secondary N) is 1. The van der Waals surface area contributed by atoms with Crippen LogP contribution >= 0.6 is 0 Å². The zero-order chi connectivity index (χ0) is 21.1. The maximum atomic E-state index is 12.4. The number of fused-ring (bicyclic) bond motifs is 1. The van der Waals surface area contributed by atoms with E-state index in [1.807, 2.05) is 16.9 Å². The number of aromatic nitrogens is 3. The van der Waals surface area contributed by atoms with Crippen LogP contribution in [-0.2, 0) is 4.79 Å². The van der Waals surface area contributed by atoms with E-state index in [1.54, 1.807) is 0 Å². The van der Waals surface area contributed by atoms with Crippen molar-refractivity contribution < 1.29 is 4.79 Å². The molecule has 6 heteroatoms. The summed E-state index contributed by atoms with van der Waals surface area (Å²) in [5, 5.41) is 7.88. The average Bonchev–Trinajstić information content (AvgIpc) is 3.18. The third-order valence-electron chi connectivity index (χ3n) is 6.02. The number of hydrogen-bond acceptors (Lipinski definition) is 4. The Balaban J connectivity index is 1.51. The number of anilines is 1. The van der Waals surface area contributed by atoms with Crippen molar-refractivity contribution in [3.8, 4) is 11.3 Å². The highest BCUT2D eigenvalue weighted by Crippen LogP contribution is 2.29. The molecule has 0 bridgehead atoms. The molecule has 30 heavy (non-hydrogen) atoms. The molecule has 0 saturated carbocycles. The third-order valence-corrected chi connectivity index (χ3v) is 6.02. The van der Waals surface area contributed by atoms with Crippen LogP contribution in [0.1, 0.15) is 43.7 Å². The second-order valence-electron chi connectivity index (χ2n) is 8.33. The van der Waals surface area contributed by atoms with Crippen LogP contribution < -0.4 is 10.2 Å². The fourth-order valence-electron chi connectivity index (χ4n) is 4.27. The quantitative estimate of drug-likeness (QED) is 0.626. The minimum Gasteiger partial charge on any atom is -0.356 e. The lowest BCUT2D eigenvalue weighted by atomic mass is 9.96. The van der Waals surface area contributed by atoms with Crippen LogP contribution in [0.2, 0.25) is 0 Å². The zero-order valence-corrected chi connectivity index (χ0v) is 18.2. The summed E-state index contributed by atoms with van der Waals surface area (Å²) in [5.74, 6) is 1.26. The number of benzene rings is 1. The number of amides is 1. The number of carbonyl (C=O) groups is 1. The summed E-state index contributed by atoms with van der Waals surface area (Å²) >= 11 is 0. The van der Waals surface area contributed by atoms with Gasteiger partial charge in [0.15, 0.2) is 5.82 Å². The van der Waals surface area contributed by atoms with E-state index in [1.165, 1.54) is 11.1 Å². The third kappa shape index (κ3) is 4.18. The minimum atomic E-state index is 0.105. The summed E-state index contributed by atoms with van der Waals surface area (Å²) in [7, 11) is 0. The molecular formula is C24H31N5O. The van der Waals surface area contributed by atoms with Gasteiger partial charge in [0.05, 0.1) is 5.69 Å². The molecule has 3 heterocycles. The van der Waals surface area contributed by atoms with Gasteiger partial charge in [-0.25, -0.2) is 9.50 Å². The summed E-state index contributed by atoms with van der Waals surface area (Å²) in [6.45, 7) is 8.83. The summed E-state index contributed by atoms with van der Waals surface area (Å²) in [6, 6.07) is 8.59. The first-order valence-electron chi connectivity index (χ1n) is 11.0. The second-order valence-corrected chi connectivity index (χ2v) is 8.33. The number of rotatable bonds is 6. The topological polar surface area (TPSA) is 62.5 Å². The van der Waals surface area contributed by atoms with Gasteiger partial charge in [0.25, 0.3) is 0 Å². The van der Waals surface area contributed by atoms with Crippen LogP contribution in [0.25, 0.3) is 16.8 Å². The maximum absolute atomic E-state index is 12.4. The van der Waals surface area contributed by atoms with Crippen molar-refractivity contribution >= 4 is 17.2 Å². The molecular weight excluding hydrogens is 374 g/mol. The van der Waals surface area contributed by atoms with Gasteiger partial charge in [-0.15, -0.1) is 0 Å². The summed E-state index contributed by atoms with van der Waals surface area (Å²) in [6.07, 6.45) is 7.58. The molecule has 1 amide bonds. The molecule has 0 atom stereocenters.